The van der Waals surface area contributed by atoms with Gasteiger partial charge in [0.05, 0.1) is 5.56 Å². The molecule has 0 spiro atoms. The first-order valence-corrected chi connectivity index (χ1v) is 7.75. The van der Waals surface area contributed by atoms with Crippen molar-refractivity contribution >= 4 is 5.97 Å². The van der Waals surface area contributed by atoms with Gasteiger partial charge < -0.3 is 4.74 Å². The Morgan fingerprint density at radius 3 is 2.45 bits per heavy atom. The molecule has 20 heavy (non-hydrogen) atoms. The molecule has 1 aromatic carbocycles. The minimum Gasteiger partial charge on any atom is -0.458 e. The smallest absolute Gasteiger partial charge is 0.338 e. The van der Waals surface area contributed by atoms with E-state index in [1.54, 1.807) is 0 Å². The highest BCUT2D eigenvalue weighted by Crippen LogP contribution is 2.35. The predicted octanol–water partition coefficient (Wildman–Crippen LogP) is 4.61. The molecule has 3 atom stereocenters. The van der Waals surface area contributed by atoms with Gasteiger partial charge in [-0.15, -0.1) is 0 Å². The first-order valence-electron chi connectivity index (χ1n) is 7.75. The molecule has 0 saturated heterocycles. The third-order valence-corrected chi connectivity index (χ3v) is 4.51. The van der Waals surface area contributed by atoms with Crippen LogP contribution in [0.3, 0.4) is 0 Å². The molecular weight excluding hydrogens is 248 g/mol. The normalized spacial score (nSPS) is 26.6. The minimum atomic E-state index is -0.172. The summed E-state index contributed by atoms with van der Waals surface area (Å²) in [6.07, 6.45) is 3.50. The highest BCUT2D eigenvalue weighted by molar-refractivity contribution is 5.89. The fourth-order valence-electron chi connectivity index (χ4n) is 3.15. The van der Waals surface area contributed by atoms with Crippen LogP contribution in [0.2, 0.25) is 0 Å². The molecule has 0 aliphatic heterocycles. The fourth-order valence-corrected chi connectivity index (χ4v) is 3.15. The molecule has 1 aromatic rings. The topological polar surface area (TPSA) is 26.3 Å². The summed E-state index contributed by atoms with van der Waals surface area (Å²) < 4.78 is 5.82. The molecule has 0 bridgehead atoms. The highest BCUT2D eigenvalue weighted by Gasteiger charge is 2.33. The van der Waals surface area contributed by atoms with E-state index in [2.05, 4.69) is 20.8 Å². The number of hydrogen-bond acceptors (Lipinski definition) is 2. The number of aryl methyl sites for hydroxylation is 1. The van der Waals surface area contributed by atoms with Gasteiger partial charge in [0.25, 0.3) is 0 Å². The van der Waals surface area contributed by atoms with Gasteiger partial charge in [0.2, 0.25) is 0 Å². The van der Waals surface area contributed by atoms with Crippen LogP contribution < -0.4 is 0 Å². The van der Waals surface area contributed by atoms with Crippen LogP contribution in [-0.4, -0.2) is 12.1 Å². The van der Waals surface area contributed by atoms with Crippen molar-refractivity contribution in [2.24, 2.45) is 17.8 Å². The summed E-state index contributed by atoms with van der Waals surface area (Å²) >= 11 is 0. The molecule has 0 N–H and O–H groups in total. The molecule has 0 unspecified atom stereocenters. The Balaban J connectivity index is 2.05. The number of carbonyl (C=O) groups is 1. The van der Waals surface area contributed by atoms with Crippen molar-refractivity contribution in [3.05, 3.63) is 35.4 Å². The largest absolute Gasteiger partial charge is 0.458 e. The first kappa shape index (κ1) is 15.1. The van der Waals surface area contributed by atoms with Gasteiger partial charge in [-0.1, -0.05) is 44.9 Å². The lowest BCUT2D eigenvalue weighted by Crippen LogP contribution is -2.35. The van der Waals surface area contributed by atoms with E-state index in [9.17, 15) is 4.79 Å². The second-order valence-corrected chi connectivity index (χ2v) is 6.64. The zero-order valence-corrected chi connectivity index (χ0v) is 13.1. The van der Waals surface area contributed by atoms with Crippen LogP contribution in [-0.2, 0) is 4.74 Å². The third-order valence-electron chi connectivity index (χ3n) is 4.51. The summed E-state index contributed by atoms with van der Waals surface area (Å²) in [5, 5.41) is 0. The van der Waals surface area contributed by atoms with Gasteiger partial charge in [-0.05, 0) is 49.7 Å². The lowest BCUT2D eigenvalue weighted by Gasteiger charge is -2.36. The average molecular weight is 274 g/mol. The van der Waals surface area contributed by atoms with Crippen LogP contribution >= 0.6 is 0 Å². The van der Waals surface area contributed by atoms with Crippen molar-refractivity contribution in [1.82, 2.24) is 0 Å². The van der Waals surface area contributed by atoms with Crippen molar-refractivity contribution in [3.8, 4) is 0 Å². The van der Waals surface area contributed by atoms with Crippen LogP contribution in [0, 0.1) is 24.7 Å². The SMILES string of the molecule is Cc1ccc(C(=O)O[C@H]2C[C@H](C)CC[C@H]2C(C)C)cc1. The molecule has 0 heterocycles. The van der Waals surface area contributed by atoms with Crippen LogP contribution in [0.4, 0.5) is 0 Å². The van der Waals surface area contributed by atoms with Crippen molar-refractivity contribution in [1.29, 1.82) is 0 Å². The maximum atomic E-state index is 12.3. The molecule has 1 saturated carbocycles. The molecule has 2 rings (SSSR count). The summed E-state index contributed by atoms with van der Waals surface area (Å²) in [6.45, 7) is 8.73. The molecule has 0 radical (unpaired) electrons. The molecule has 0 amide bonds. The Morgan fingerprint density at radius 1 is 1.20 bits per heavy atom. The number of hydrogen-bond donors (Lipinski definition) is 0. The lowest BCUT2D eigenvalue weighted by atomic mass is 9.75. The van der Waals surface area contributed by atoms with Gasteiger partial charge in [-0.2, -0.15) is 0 Å². The number of esters is 1. The van der Waals surface area contributed by atoms with Crippen molar-refractivity contribution in [2.75, 3.05) is 0 Å². The number of benzene rings is 1. The Kier molecular flexibility index (Phi) is 4.85. The van der Waals surface area contributed by atoms with Crippen LogP contribution in [0.25, 0.3) is 0 Å². The minimum absolute atomic E-state index is 0.0764. The van der Waals surface area contributed by atoms with E-state index in [-0.39, 0.29) is 12.1 Å². The maximum Gasteiger partial charge on any atom is 0.338 e. The summed E-state index contributed by atoms with van der Waals surface area (Å²) in [5.41, 5.74) is 1.82. The van der Waals surface area contributed by atoms with Gasteiger partial charge in [0, 0.05) is 0 Å². The number of rotatable bonds is 3. The molecule has 0 aromatic heterocycles. The molecule has 1 fully saturated rings. The molecule has 110 valence electrons. The molecule has 2 nitrogen and oxygen atoms in total. The van der Waals surface area contributed by atoms with Gasteiger partial charge in [-0.25, -0.2) is 4.79 Å². The zero-order chi connectivity index (χ0) is 14.7. The molecule has 2 heteroatoms. The Bertz CT molecular complexity index is 447. The van der Waals surface area contributed by atoms with E-state index < -0.39 is 0 Å². The monoisotopic (exact) mass is 274 g/mol. The summed E-state index contributed by atoms with van der Waals surface area (Å²) in [7, 11) is 0. The second-order valence-electron chi connectivity index (χ2n) is 6.64. The van der Waals surface area contributed by atoms with Crippen LogP contribution in [0.15, 0.2) is 24.3 Å². The second kappa shape index (κ2) is 6.43. The highest BCUT2D eigenvalue weighted by atomic mass is 16.5. The van der Waals surface area contributed by atoms with E-state index in [4.69, 9.17) is 4.74 Å². The molecule has 1 aliphatic rings. The van der Waals surface area contributed by atoms with Gasteiger partial charge in [0.1, 0.15) is 6.10 Å². The number of ether oxygens (including phenoxy) is 1. The average Bonchev–Trinajstić information content (AvgIpc) is 2.39. The zero-order valence-electron chi connectivity index (χ0n) is 13.1. The first-order chi connectivity index (χ1) is 9.47. The Morgan fingerprint density at radius 2 is 1.85 bits per heavy atom. The summed E-state index contributed by atoms with van der Waals surface area (Å²) in [6, 6.07) is 7.63. The standard InChI is InChI=1S/C18H26O2/c1-12(2)16-10-7-14(4)11-17(16)20-18(19)15-8-5-13(3)6-9-15/h5-6,8-9,12,14,16-17H,7,10-11H2,1-4H3/t14-,16+,17+/m1/s1. The van der Waals surface area contributed by atoms with E-state index in [0.29, 0.717) is 23.3 Å². The van der Waals surface area contributed by atoms with E-state index in [0.717, 1.165) is 12.0 Å². The van der Waals surface area contributed by atoms with E-state index in [1.807, 2.05) is 31.2 Å². The van der Waals surface area contributed by atoms with E-state index >= 15 is 0 Å². The number of carbonyl (C=O) groups excluding carboxylic acids is 1. The van der Waals surface area contributed by atoms with Gasteiger partial charge in [0.15, 0.2) is 0 Å². The predicted molar refractivity (Wildman–Crippen MR) is 81.7 cm³/mol. The quantitative estimate of drug-likeness (QED) is 0.752. The molecular formula is C18H26O2. The van der Waals surface area contributed by atoms with Gasteiger partial charge >= 0.3 is 5.97 Å². The van der Waals surface area contributed by atoms with Crippen molar-refractivity contribution in [2.45, 2.75) is 53.1 Å². The van der Waals surface area contributed by atoms with Crippen LogP contribution in [0.5, 0.6) is 0 Å². The fraction of sp³-hybridized carbons (Fsp3) is 0.611. The molecule has 1 aliphatic carbocycles. The van der Waals surface area contributed by atoms with Crippen LogP contribution in [0.1, 0.15) is 56.0 Å². The third kappa shape index (κ3) is 3.62. The van der Waals surface area contributed by atoms with Gasteiger partial charge in [-0.3, -0.25) is 0 Å². The summed E-state index contributed by atoms with van der Waals surface area (Å²) in [4.78, 5) is 12.3. The van der Waals surface area contributed by atoms with Crippen molar-refractivity contribution in [3.63, 3.8) is 0 Å². The maximum absolute atomic E-state index is 12.3. The lowest BCUT2D eigenvalue weighted by molar-refractivity contribution is -0.0174. The van der Waals surface area contributed by atoms with E-state index in [1.165, 1.54) is 12.8 Å². The summed E-state index contributed by atoms with van der Waals surface area (Å²) in [5.74, 6) is 1.55. The Hall–Kier alpha value is -1.31. The van der Waals surface area contributed by atoms with Crippen molar-refractivity contribution < 1.29 is 9.53 Å². The Labute approximate surface area is 122 Å².